The Morgan fingerprint density at radius 3 is 2.76 bits per heavy atom. The molecule has 1 aliphatic rings. The number of anilines is 1. The number of ether oxygens (including phenoxy) is 2. The smallest absolute Gasteiger partial charge is 0.337 e. The van der Waals surface area contributed by atoms with Gasteiger partial charge in [-0.1, -0.05) is 17.7 Å². The highest BCUT2D eigenvalue weighted by molar-refractivity contribution is 6.09. The molecule has 2 aromatic rings. The van der Waals surface area contributed by atoms with Crippen molar-refractivity contribution in [3.63, 3.8) is 0 Å². The Bertz CT molecular complexity index is 896. The Labute approximate surface area is 145 Å². The number of hydrogen-bond donors (Lipinski definition) is 1. The van der Waals surface area contributed by atoms with Crippen LogP contribution in [0.4, 0.5) is 5.69 Å². The van der Waals surface area contributed by atoms with Gasteiger partial charge >= 0.3 is 5.97 Å². The standard InChI is InChI=1S/C20H17NO4/c1-13-6-7-18-16(10-13)11-14(8-9-25-18)19(22)21-17-5-3-4-15(12-17)20(23)24-2/h3-12H,1-2H3,(H,21,22). The Hall–Kier alpha value is -3.34. The van der Waals surface area contributed by atoms with Gasteiger partial charge < -0.3 is 14.8 Å². The maximum atomic E-state index is 12.6. The Morgan fingerprint density at radius 2 is 1.96 bits per heavy atom. The Kier molecular flexibility index (Phi) is 4.66. The van der Waals surface area contributed by atoms with Crippen LogP contribution in [-0.4, -0.2) is 19.0 Å². The Balaban J connectivity index is 1.85. The normalized spacial score (nSPS) is 12.3. The molecule has 3 rings (SSSR count). The van der Waals surface area contributed by atoms with Crippen molar-refractivity contribution < 1.29 is 19.1 Å². The van der Waals surface area contributed by atoms with Gasteiger partial charge in [0.2, 0.25) is 0 Å². The second kappa shape index (κ2) is 7.05. The molecule has 0 bridgehead atoms. The van der Waals surface area contributed by atoms with Gasteiger partial charge in [-0.3, -0.25) is 4.79 Å². The summed E-state index contributed by atoms with van der Waals surface area (Å²) in [5, 5.41) is 2.78. The third-order valence-corrected chi connectivity index (χ3v) is 3.72. The van der Waals surface area contributed by atoms with Crippen LogP contribution in [0.1, 0.15) is 21.5 Å². The molecule has 5 nitrogen and oxygen atoms in total. The van der Waals surface area contributed by atoms with E-state index in [-0.39, 0.29) is 5.91 Å². The number of aryl methyl sites for hydroxylation is 1. The first-order valence-electron chi connectivity index (χ1n) is 7.72. The summed E-state index contributed by atoms with van der Waals surface area (Å²) in [6, 6.07) is 12.4. The quantitative estimate of drug-likeness (QED) is 0.869. The summed E-state index contributed by atoms with van der Waals surface area (Å²) in [7, 11) is 1.31. The first kappa shape index (κ1) is 16.5. The highest BCUT2D eigenvalue weighted by Crippen LogP contribution is 2.26. The molecular formula is C20H17NO4. The molecule has 0 saturated carbocycles. The molecule has 25 heavy (non-hydrogen) atoms. The number of fused-ring (bicyclic) bond motifs is 1. The van der Waals surface area contributed by atoms with Gasteiger partial charge in [-0.25, -0.2) is 4.79 Å². The van der Waals surface area contributed by atoms with Crippen molar-refractivity contribution in [2.45, 2.75) is 6.92 Å². The number of methoxy groups -OCH3 is 1. The van der Waals surface area contributed by atoms with E-state index in [1.807, 2.05) is 25.1 Å². The van der Waals surface area contributed by atoms with Crippen LogP contribution in [0.3, 0.4) is 0 Å². The zero-order chi connectivity index (χ0) is 17.8. The molecule has 1 heterocycles. The van der Waals surface area contributed by atoms with Crippen LogP contribution in [0.15, 0.2) is 60.4 Å². The lowest BCUT2D eigenvalue weighted by Gasteiger charge is -2.07. The largest absolute Gasteiger partial charge is 0.465 e. The number of esters is 1. The van der Waals surface area contributed by atoms with Gasteiger partial charge in [0.15, 0.2) is 0 Å². The molecule has 0 aromatic heterocycles. The third kappa shape index (κ3) is 3.77. The minimum Gasteiger partial charge on any atom is -0.465 e. The average Bonchev–Trinajstić information content (AvgIpc) is 2.83. The number of amides is 1. The van der Waals surface area contributed by atoms with Crippen LogP contribution in [-0.2, 0) is 9.53 Å². The van der Waals surface area contributed by atoms with Gasteiger partial charge in [-0.05, 0) is 49.4 Å². The van der Waals surface area contributed by atoms with Crippen molar-refractivity contribution in [3.8, 4) is 5.75 Å². The van der Waals surface area contributed by atoms with Crippen LogP contribution in [0.5, 0.6) is 5.75 Å². The SMILES string of the molecule is COC(=O)c1cccc(NC(=O)C2=Cc3cc(C)ccc3OC=C2)c1. The van der Waals surface area contributed by atoms with Crippen molar-refractivity contribution in [3.05, 3.63) is 77.1 Å². The van der Waals surface area contributed by atoms with Crippen molar-refractivity contribution in [1.29, 1.82) is 0 Å². The number of benzene rings is 2. The lowest BCUT2D eigenvalue weighted by molar-refractivity contribution is -0.112. The topological polar surface area (TPSA) is 64.6 Å². The number of rotatable bonds is 3. The third-order valence-electron chi connectivity index (χ3n) is 3.72. The number of carbonyl (C=O) groups is 2. The minimum absolute atomic E-state index is 0.295. The molecule has 126 valence electrons. The lowest BCUT2D eigenvalue weighted by atomic mass is 10.1. The van der Waals surface area contributed by atoms with Crippen LogP contribution in [0.2, 0.25) is 0 Å². The summed E-state index contributed by atoms with van der Waals surface area (Å²) in [5.41, 5.74) is 3.24. The average molecular weight is 335 g/mol. The summed E-state index contributed by atoms with van der Waals surface area (Å²) >= 11 is 0. The number of nitrogens with one attached hydrogen (secondary N) is 1. The van der Waals surface area contributed by atoms with Gasteiger partial charge in [0.1, 0.15) is 5.75 Å². The van der Waals surface area contributed by atoms with E-state index in [0.717, 1.165) is 11.1 Å². The fourth-order valence-electron chi connectivity index (χ4n) is 2.47. The van der Waals surface area contributed by atoms with E-state index in [9.17, 15) is 9.59 Å². The van der Waals surface area contributed by atoms with E-state index < -0.39 is 5.97 Å². The lowest BCUT2D eigenvalue weighted by Crippen LogP contribution is -2.13. The number of hydrogen-bond acceptors (Lipinski definition) is 4. The first-order chi connectivity index (χ1) is 12.1. The van der Waals surface area contributed by atoms with Crippen LogP contribution in [0.25, 0.3) is 6.08 Å². The summed E-state index contributed by atoms with van der Waals surface area (Å²) in [6.07, 6.45) is 4.86. The molecular weight excluding hydrogens is 318 g/mol. The second-order valence-corrected chi connectivity index (χ2v) is 5.59. The van der Waals surface area contributed by atoms with Crippen LogP contribution in [0, 0.1) is 6.92 Å². The zero-order valence-corrected chi connectivity index (χ0v) is 13.9. The molecule has 2 aromatic carbocycles. The van der Waals surface area contributed by atoms with Crippen LogP contribution < -0.4 is 10.1 Å². The summed E-state index contributed by atoms with van der Waals surface area (Å²) in [4.78, 5) is 24.2. The van der Waals surface area contributed by atoms with Crippen molar-refractivity contribution in [1.82, 2.24) is 0 Å². The Morgan fingerprint density at radius 1 is 1.12 bits per heavy atom. The zero-order valence-electron chi connectivity index (χ0n) is 13.9. The van der Waals surface area contributed by atoms with Gasteiger partial charge in [-0.15, -0.1) is 0 Å². The van der Waals surface area contributed by atoms with E-state index in [1.165, 1.54) is 13.4 Å². The van der Waals surface area contributed by atoms with E-state index in [0.29, 0.717) is 22.6 Å². The monoisotopic (exact) mass is 335 g/mol. The second-order valence-electron chi connectivity index (χ2n) is 5.59. The van der Waals surface area contributed by atoms with E-state index >= 15 is 0 Å². The van der Waals surface area contributed by atoms with Gasteiger partial charge in [0.05, 0.1) is 18.9 Å². The summed E-state index contributed by atoms with van der Waals surface area (Å²) in [6.45, 7) is 1.98. The van der Waals surface area contributed by atoms with Gasteiger partial charge in [0, 0.05) is 16.8 Å². The van der Waals surface area contributed by atoms with Crippen LogP contribution >= 0.6 is 0 Å². The fourth-order valence-corrected chi connectivity index (χ4v) is 2.47. The summed E-state index contributed by atoms with van der Waals surface area (Å²) < 4.78 is 10.2. The highest BCUT2D eigenvalue weighted by Gasteiger charge is 2.13. The van der Waals surface area contributed by atoms with Crippen molar-refractivity contribution >= 4 is 23.6 Å². The van der Waals surface area contributed by atoms with Crippen molar-refractivity contribution in [2.75, 3.05) is 12.4 Å². The fraction of sp³-hybridized carbons (Fsp3) is 0.100. The molecule has 5 heteroatoms. The number of carbonyl (C=O) groups excluding carboxylic acids is 2. The van der Waals surface area contributed by atoms with E-state index in [1.54, 1.807) is 36.4 Å². The van der Waals surface area contributed by atoms with Crippen molar-refractivity contribution in [2.24, 2.45) is 0 Å². The predicted molar refractivity (Wildman–Crippen MR) is 95.3 cm³/mol. The highest BCUT2D eigenvalue weighted by atomic mass is 16.5. The molecule has 0 radical (unpaired) electrons. The molecule has 1 N–H and O–H groups in total. The molecule has 1 amide bonds. The van der Waals surface area contributed by atoms with E-state index in [4.69, 9.17) is 4.74 Å². The molecule has 0 spiro atoms. The molecule has 1 aliphatic heterocycles. The van der Waals surface area contributed by atoms with Gasteiger partial charge in [-0.2, -0.15) is 0 Å². The molecule has 0 fully saturated rings. The molecule has 0 saturated heterocycles. The predicted octanol–water partition coefficient (Wildman–Crippen LogP) is 3.71. The van der Waals surface area contributed by atoms with Gasteiger partial charge in [0.25, 0.3) is 5.91 Å². The maximum absolute atomic E-state index is 12.6. The molecule has 0 aliphatic carbocycles. The first-order valence-corrected chi connectivity index (χ1v) is 7.72. The molecule has 0 unspecified atom stereocenters. The minimum atomic E-state index is -0.456. The summed E-state index contributed by atoms with van der Waals surface area (Å²) in [5.74, 6) is -0.0592. The maximum Gasteiger partial charge on any atom is 0.337 e. The van der Waals surface area contributed by atoms with E-state index in [2.05, 4.69) is 10.1 Å². The molecule has 0 atom stereocenters.